The Balaban J connectivity index is 1.93. The Kier molecular flexibility index (Phi) is 6.37. The lowest BCUT2D eigenvalue weighted by Crippen LogP contribution is -2.32. The van der Waals surface area contributed by atoms with Crippen molar-refractivity contribution in [3.8, 4) is 5.75 Å². The molecule has 154 valence electrons. The second-order valence-electron chi connectivity index (χ2n) is 6.24. The molecule has 0 unspecified atom stereocenters. The summed E-state index contributed by atoms with van der Waals surface area (Å²) in [5, 5.41) is 0.557. The largest absolute Gasteiger partial charge is 0.497 e. The summed E-state index contributed by atoms with van der Waals surface area (Å²) in [6.45, 7) is 1.33. The van der Waals surface area contributed by atoms with E-state index in [1.807, 2.05) is 0 Å². The van der Waals surface area contributed by atoms with E-state index in [9.17, 15) is 16.8 Å². The molecular formula is C19H20N2O5S3. The maximum atomic E-state index is 13.1. The molecule has 0 spiro atoms. The number of sulfonamides is 1. The molecule has 0 aliphatic heterocycles. The van der Waals surface area contributed by atoms with Gasteiger partial charge in [0.15, 0.2) is 9.84 Å². The zero-order chi connectivity index (χ0) is 21.1. The molecule has 10 heteroatoms. The molecular weight excluding hydrogens is 432 g/mol. The van der Waals surface area contributed by atoms with Crippen LogP contribution in [-0.4, -0.2) is 35.5 Å². The zero-order valence-corrected chi connectivity index (χ0v) is 18.2. The highest BCUT2D eigenvalue weighted by molar-refractivity contribution is 7.93. The van der Waals surface area contributed by atoms with Gasteiger partial charge in [-0.05, 0) is 53.8 Å². The van der Waals surface area contributed by atoms with Crippen molar-refractivity contribution in [1.82, 2.24) is 9.71 Å². The predicted molar refractivity (Wildman–Crippen MR) is 111 cm³/mol. The topological polar surface area (TPSA) is 102 Å². The van der Waals surface area contributed by atoms with Crippen molar-refractivity contribution < 1.29 is 21.6 Å². The Morgan fingerprint density at radius 1 is 1.14 bits per heavy atom. The Labute approximate surface area is 174 Å². The lowest BCUT2D eigenvalue weighted by molar-refractivity contribution is 0.414. The highest BCUT2D eigenvalue weighted by Crippen LogP contribution is 2.31. The number of benzene rings is 1. The summed E-state index contributed by atoms with van der Waals surface area (Å²) < 4.78 is 59.7. The molecule has 3 aromatic rings. The molecule has 3 rings (SSSR count). The van der Waals surface area contributed by atoms with E-state index in [4.69, 9.17) is 4.74 Å². The standard InChI is InChI=1S/C19H20N2O5S3/c1-14-11-16(26-2)7-8-17(14)29(24,25)21-13-18(15-5-3-9-20-12-15)28(22,23)19-6-4-10-27-19/h3-12,18,21H,13H2,1-2H3/t18-/m0/s1. The molecule has 0 radical (unpaired) electrons. The minimum atomic E-state index is -3.94. The molecule has 0 aliphatic rings. The summed E-state index contributed by atoms with van der Waals surface area (Å²) in [6, 6.07) is 11.0. The molecule has 0 saturated carbocycles. The summed E-state index contributed by atoms with van der Waals surface area (Å²) in [4.78, 5) is 4.05. The number of ether oxygens (including phenoxy) is 1. The van der Waals surface area contributed by atoms with E-state index in [1.54, 1.807) is 42.6 Å². The van der Waals surface area contributed by atoms with Gasteiger partial charge in [0.2, 0.25) is 10.0 Å². The van der Waals surface area contributed by atoms with E-state index < -0.39 is 25.1 Å². The highest BCUT2D eigenvalue weighted by Gasteiger charge is 2.32. The maximum absolute atomic E-state index is 13.1. The first kappa shape index (κ1) is 21.4. The number of pyridine rings is 1. The van der Waals surface area contributed by atoms with Crippen molar-refractivity contribution in [1.29, 1.82) is 0 Å². The molecule has 1 aromatic carbocycles. The van der Waals surface area contributed by atoms with Gasteiger partial charge in [-0.1, -0.05) is 12.1 Å². The SMILES string of the molecule is COc1ccc(S(=O)(=O)NC[C@@H](c2cccnc2)S(=O)(=O)c2cccs2)c(C)c1. The van der Waals surface area contributed by atoms with Crippen molar-refractivity contribution >= 4 is 31.2 Å². The Bertz CT molecular complexity index is 1180. The van der Waals surface area contributed by atoms with Crippen molar-refractivity contribution in [2.45, 2.75) is 21.3 Å². The first-order valence-corrected chi connectivity index (χ1v) is 12.5. The lowest BCUT2D eigenvalue weighted by atomic mass is 10.2. The van der Waals surface area contributed by atoms with Crippen LogP contribution in [-0.2, 0) is 19.9 Å². The van der Waals surface area contributed by atoms with Gasteiger partial charge < -0.3 is 4.74 Å². The third-order valence-electron chi connectivity index (χ3n) is 4.34. The van der Waals surface area contributed by atoms with E-state index in [2.05, 4.69) is 9.71 Å². The summed E-state index contributed by atoms with van der Waals surface area (Å²) in [6.07, 6.45) is 2.96. The van der Waals surface area contributed by atoms with Gasteiger partial charge in [0.05, 0.1) is 12.0 Å². The van der Waals surface area contributed by atoms with Crippen LogP contribution in [0.15, 0.2) is 69.3 Å². The third kappa shape index (κ3) is 4.67. The van der Waals surface area contributed by atoms with Gasteiger partial charge in [-0.15, -0.1) is 11.3 Å². The molecule has 7 nitrogen and oxygen atoms in total. The first-order valence-electron chi connectivity index (χ1n) is 8.57. The van der Waals surface area contributed by atoms with Crippen molar-refractivity contribution in [2.24, 2.45) is 0 Å². The number of hydrogen-bond acceptors (Lipinski definition) is 7. The van der Waals surface area contributed by atoms with Crippen LogP contribution in [0.5, 0.6) is 5.75 Å². The number of hydrogen-bond donors (Lipinski definition) is 1. The molecule has 0 aliphatic carbocycles. The first-order chi connectivity index (χ1) is 13.8. The average Bonchev–Trinajstić information content (AvgIpc) is 3.24. The molecule has 0 amide bonds. The van der Waals surface area contributed by atoms with Crippen LogP contribution in [0.2, 0.25) is 0 Å². The van der Waals surface area contributed by atoms with Gasteiger partial charge in [0, 0.05) is 18.9 Å². The fraction of sp³-hybridized carbons (Fsp3) is 0.211. The molecule has 1 atom stereocenters. The van der Waals surface area contributed by atoms with E-state index >= 15 is 0 Å². The maximum Gasteiger partial charge on any atom is 0.240 e. The molecule has 2 heterocycles. The number of methoxy groups -OCH3 is 1. The van der Waals surface area contributed by atoms with Crippen LogP contribution < -0.4 is 9.46 Å². The summed E-state index contributed by atoms with van der Waals surface area (Å²) in [5.41, 5.74) is 0.908. The minimum Gasteiger partial charge on any atom is -0.497 e. The number of nitrogens with one attached hydrogen (secondary N) is 1. The minimum absolute atomic E-state index is 0.0664. The molecule has 0 bridgehead atoms. The van der Waals surface area contributed by atoms with Crippen LogP contribution in [0.1, 0.15) is 16.4 Å². The van der Waals surface area contributed by atoms with Gasteiger partial charge in [-0.25, -0.2) is 21.6 Å². The molecule has 1 N–H and O–H groups in total. The average molecular weight is 453 g/mol. The number of sulfone groups is 1. The molecule has 29 heavy (non-hydrogen) atoms. The number of rotatable bonds is 8. The van der Waals surface area contributed by atoms with Gasteiger partial charge in [-0.2, -0.15) is 0 Å². The fourth-order valence-corrected chi connectivity index (χ4v) is 7.08. The Morgan fingerprint density at radius 3 is 2.52 bits per heavy atom. The highest BCUT2D eigenvalue weighted by atomic mass is 32.2. The fourth-order valence-electron chi connectivity index (χ4n) is 2.85. The normalized spacial score (nSPS) is 13.2. The zero-order valence-electron chi connectivity index (χ0n) is 15.8. The Morgan fingerprint density at radius 2 is 1.93 bits per heavy atom. The van der Waals surface area contributed by atoms with Crippen LogP contribution >= 0.6 is 11.3 Å². The van der Waals surface area contributed by atoms with E-state index in [1.165, 1.54) is 31.6 Å². The van der Waals surface area contributed by atoms with Gasteiger partial charge in [-0.3, -0.25) is 4.98 Å². The monoisotopic (exact) mass is 452 g/mol. The number of nitrogens with zero attached hydrogens (tertiary/aromatic N) is 1. The summed E-state index contributed by atoms with van der Waals surface area (Å²) >= 11 is 1.09. The van der Waals surface area contributed by atoms with Crippen molar-refractivity contribution in [3.05, 3.63) is 71.4 Å². The number of aryl methyl sites for hydroxylation is 1. The van der Waals surface area contributed by atoms with Crippen LogP contribution in [0.3, 0.4) is 0 Å². The number of aromatic nitrogens is 1. The quantitative estimate of drug-likeness (QED) is 0.564. The predicted octanol–water partition coefficient (Wildman–Crippen LogP) is 2.95. The smallest absolute Gasteiger partial charge is 0.240 e. The summed E-state index contributed by atoms with van der Waals surface area (Å²) in [5.74, 6) is 0.537. The van der Waals surface area contributed by atoms with Crippen LogP contribution in [0.25, 0.3) is 0 Å². The van der Waals surface area contributed by atoms with Gasteiger partial charge >= 0.3 is 0 Å². The Hall–Kier alpha value is -2.27. The van der Waals surface area contributed by atoms with Crippen LogP contribution in [0, 0.1) is 6.92 Å². The van der Waals surface area contributed by atoms with Crippen LogP contribution in [0.4, 0.5) is 0 Å². The molecule has 0 fully saturated rings. The second-order valence-corrected chi connectivity index (χ2v) is 11.3. The molecule has 0 saturated heterocycles. The summed E-state index contributed by atoms with van der Waals surface area (Å²) in [7, 11) is -6.24. The lowest BCUT2D eigenvalue weighted by Gasteiger charge is -2.18. The van der Waals surface area contributed by atoms with Crippen molar-refractivity contribution in [2.75, 3.05) is 13.7 Å². The second kappa shape index (κ2) is 8.62. The number of thiophene rings is 1. The van der Waals surface area contributed by atoms with E-state index in [-0.39, 0.29) is 15.6 Å². The van der Waals surface area contributed by atoms with Gasteiger partial charge in [0.1, 0.15) is 15.2 Å². The third-order valence-corrected chi connectivity index (χ3v) is 9.45. The van der Waals surface area contributed by atoms with Gasteiger partial charge in [0.25, 0.3) is 0 Å². The molecule has 2 aromatic heterocycles. The van der Waals surface area contributed by atoms with E-state index in [0.717, 1.165) is 11.3 Å². The van der Waals surface area contributed by atoms with Crippen molar-refractivity contribution in [3.63, 3.8) is 0 Å². The van der Waals surface area contributed by atoms with E-state index in [0.29, 0.717) is 16.9 Å².